The Morgan fingerprint density at radius 1 is 1.31 bits per heavy atom. The minimum absolute atomic E-state index is 0.821. The normalized spacial score (nSPS) is 20.7. The molecule has 7 N–H and O–H groups in total. The minimum atomic E-state index is -3.01. The van der Waals surface area contributed by atoms with Crippen LogP contribution in [0.25, 0.3) is 0 Å². The summed E-state index contributed by atoms with van der Waals surface area (Å²) in [5.74, 6) is -2.63. The molecule has 0 saturated heterocycles. The summed E-state index contributed by atoms with van der Waals surface area (Å²) in [6.07, 6.45) is -6.17. The largest absolute Gasteiger partial charge is 0.394 e. The second-order valence-corrected chi connectivity index (χ2v) is 3.40. The maximum Gasteiger partial charge on any atom is 0.247 e. The van der Waals surface area contributed by atoms with Gasteiger partial charge in [0.2, 0.25) is 11.5 Å². The molecule has 8 nitrogen and oxygen atoms in total. The molecule has 94 valence electrons. The number of carbonyl (C=O) groups is 2. The Morgan fingerprint density at radius 3 is 2.06 bits per heavy atom. The summed E-state index contributed by atoms with van der Waals surface area (Å²) < 4.78 is 0. The molecule has 0 fully saturated rings. The predicted octanol–water partition coefficient (Wildman–Crippen LogP) is -4.13. The molecule has 0 aromatic heterocycles. The number of hydrogen-bond acceptors (Lipinski definition) is 8. The van der Waals surface area contributed by atoms with E-state index in [0.29, 0.717) is 0 Å². The number of aliphatic hydroxyl groups excluding tert-OH is 4. The number of rotatable bonds is 6. The third-order valence-electron chi connectivity index (χ3n) is 2.04. The zero-order chi connectivity index (χ0) is 13.1. The Balaban J connectivity index is 4.88. The molecule has 0 aromatic carbocycles. The first kappa shape index (κ1) is 15.1. The van der Waals surface area contributed by atoms with Gasteiger partial charge in [-0.3, -0.25) is 15.3 Å². The van der Waals surface area contributed by atoms with Crippen molar-refractivity contribution in [2.24, 2.45) is 5.73 Å². The fourth-order valence-electron chi connectivity index (χ4n) is 0.995. The SMILES string of the molecule is CC(=O)C(=O)[C@](N)(O)[C@@H](O)[C@@H](O)[C@H](O)CO. The first-order valence-corrected chi connectivity index (χ1v) is 4.37. The monoisotopic (exact) mass is 237 g/mol. The molecule has 4 atom stereocenters. The van der Waals surface area contributed by atoms with E-state index in [9.17, 15) is 24.9 Å². The van der Waals surface area contributed by atoms with Gasteiger partial charge < -0.3 is 25.5 Å². The number of carbonyl (C=O) groups excluding carboxylic acids is 2. The highest BCUT2D eigenvalue weighted by Gasteiger charge is 2.46. The van der Waals surface area contributed by atoms with E-state index in [1.807, 2.05) is 0 Å². The van der Waals surface area contributed by atoms with E-state index in [1.54, 1.807) is 0 Å². The quantitative estimate of drug-likeness (QED) is 0.200. The van der Waals surface area contributed by atoms with Crippen LogP contribution < -0.4 is 5.73 Å². The first-order valence-electron chi connectivity index (χ1n) is 4.37. The Bertz CT molecular complexity index is 278. The van der Waals surface area contributed by atoms with Gasteiger partial charge in [-0.05, 0) is 0 Å². The average Bonchev–Trinajstić information content (AvgIpc) is 2.24. The van der Waals surface area contributed by atoms with Crippen molar-refractivity contribution in [3.63, 3.8) is 0 Å². The Hall–Kier alpha value is -0.900. The molecule has 0 saturated carbocycles. The summed E-state index contributed by atoms with van der Waals surface area (Å²) in [4.78, 5) is 21.7. The zero-order valence-corrected chi connectivity index (χ0v) is 8.57. The lowest BCUT2D eigenvalue weighted by Gasteiger charge is -2.31. The van der Waals surface area contributed by atoms with Crippen LogP contribution in [-0.2, 0) is 9.59 Å². The molecule has 0 heterocycles. The average molecular weight is 237 g/mol. The first-order chi connectivity index (χ1) is 7.16. The summed E-state index contributed by atoms with van der Waals surface area (Å²) in [5.41, 5.74) is 1.97. The van der Waals surface area contributed by atoms with Crippen molar-refractivity contribution >= 4 is 11.6 Å². The van der Waals surface area contributed by atoms with Gasteiger partial charge in [-0.2, -0.15) is 0 Å². The van der Waals surface area contributed by atoms with Crippen molar-refractivity contribution in [2.45, 2.75) is 31.0 Å². The molecule has 8 heteroatoms. The van der Waals surface area contributed by atoms with E-state index in [1.165, 1.54) is 0 Å². The van der Waals surface area contributed by atoms with E-state index in [0.717, 1.165) is 6.92 Å². The van der Waals surface area contributed by atoms with Crippen molar-refractivity contribution < 1.29 is 35.1 Å². The molecule has 0 bridgehead atoms. The lowest BCUT2D eigenvalue weighted by atomic mass is 9.93. The predicted molar refractivity (Wildman–Crippen MR) is 49.9 cm³/mol. The topological polar surface area (TPSA) is 161 Å². The van der Waals surface area contributed by atoms with E-state index < -0.39 is 42.2 Å². The Kier molecular flexibility index (Phi) is 5.13. The minimum Gasteiger partial charge on any atom is -0.394 e. The summed E-state index contributed by atoms with van der Waals surface area (Å²) in [7, 11) is 0. The van der Waals surface area contributed by atoms with Crippen LogP contribution in [0.1, 0.15) is 6.92 Å². The Morgan fingerprint density at radius 2 is 1.75 bits per heavy atom. The number of aliphatic hydroxyl groups is 5. The summed E-state index contributed by atoms with van der Waals surface area (Å²) in [6.45, 7) is -0.0930. The van der Waals surface area contributed by atoms with E-state index in [4.69, 9.17) is 15.9 Å². The molecule has 16 heavy (non-hydrogen) atoms. The summed E-state index contributed by atoms with van der Waals surface area (Å²) in [6, 6.07) is 0. The van der Waals surface area contributed by atoms with Gasteiger partial charge in [-0.1, -0.05) is 0 Å². The molecule has 0 spiro atoms. The van der Waals surface area contributed by atoms with Gasteiger partial charge in [0.1, 0.15) is 18.3 Å². The number of ketones is 2. The highest BCUT2D eigenvalue weighted by Crippen LogP contribution is 2.12. The van der Waals surface area contributed by atoms with Gasteiger partial charge in [0.15, 0.2) is 5.78 Å². The molecule has 0 radical (unpaired) electrons. The standard InChI is InChI=1S/C8H15NO7/c1-3(11)6(14)8(9,16)7(15)5(13)4(12)2-10/h4-5,7,10,12-13,15-16H,2,9H2,1H3/t4-,5+,7+,8+/m1/s1. The van der Waals surface area contributed by atoms with Crippen LogP contribution in [0, 0.1) is 0 Å². The van der Waals surface area contributed by atoms with Crippen molar-refractivity contribution in [2.75, 3.05) is 6.61 Å². The smallest absolute Gasteiger partial charge is 0.247 e. The number of hydrogen-bond donors (Lipinski definition) is 6. The zero-order valence-electron chi connectivity index (χ0n) is 8.57. The molecule has 0 aliphatic rings. The maximum atomic E-state index is 11.1. The van der Waals surface area contributed by atoms with Crippen LogP contribution >= 0.6 is 0 Å². The third kappa shape index (κ3) is 3.04. The molecule has 0 rings (SSSR count). The van der Waals surface area contributed by atoms with Crippen LogP contribution in [0.5, 0.6) is 0 Å². The van der Waals surface area contributed by atoms with Crippen LogP contribution in [0.4, 0.5) is 0 Å². The van der Waals surface area contributed by atoms with Gasteiger partial charge >= 0.3 is 0 Å². The van der Waals surface area contributed by atoms with E-state index in [-0.39, 0.29) is 0 Å². The second kappa shape index (κ2) is 5.43. The van der Waals surface area contributed by atoms with Gasteiger partial charge in [0, 0.05) is 6.92 Å². The molecule has 0 aliphatic heterocycles. The number of nitrogens with two attached hydrogens (primary N) is 1. The van der Waals surface area contributed by atoms with Gasteiger partial charge in [0.25, 0.3) is 0 Å². The summed E-state index contributed by atoms with van der Waals surface area (Å²) in [5, 5.41) is 45.3. The van der Waals surface area contributed by atoms with Crippen LogP contribution in [0.3, 0.4) is 0 Å². The van der Waals surface area contributed by atoms with Crippen LogP contribution in [0.2, 0.25) is 0 Å². The molecule has 0 amide bonds. The molecule has 0 aliphatic carbocycles. The van der Waals surface area contributed by atoms with Crippen LogP contribution in [-0.4, -0.2) is 67.7 Å². The molecular formula is C8H15NO7. The molecule has 0 aromatic rings. The van der Waals surface area contributed by atoms with Gasteiger partial charge in [-0.15, -0.1) is 0 Å². The van der Waals surface area contributed by atoms with Crippen molar-refractivity contribution in [3.05, 3.63) is 0 Å². The van der Waals surface area contributed by atoms with Crippen molar-refractivity contribution in [3.8, 4) is 0 Å². The molecular weight excluding hydrogens is 222 g/mol. The third-order valence-corrected chi connectivity index (χ3v) is 2.04. The highest BCUT2D eigenvalue weighted by atomic mass is 16.4. The van der Waals surface area contributed by atoms with Crippen molar-refractivity contribution in [1.82, 2.24) is 0 Å². The van der Waals surface area contributed by atoms with Crippen LogP contribution in [0.15, 0.2) is 0 Å². The lowest BCUT2D eigenvalue weighted by molar-refractivity contribution is -0.175. The fourth-order valence-corrected chi connectivity index (χ4v) is 0.995. The molecule has 0 unspecified atom stereocenters. The van der Waals surface area contributed by atoms with Gasteiger partial charge in [-0.25, -0.2) is 0 Å². The van der Waals surface area contributed by atoms with E-state index >= 15 is 0 Å². The summed E-state index contributed by atoms with van der Waals surface area (Å²) >= 11 is 0. The maximum absolute atomic E-state index is 11.1. The van der Waals surface area contributed by atoms with E-state index in [2.05, 4.69) is 0 Å². The lowest BCUT2D eigenvalue weighted by Crippen LogP contribution is -2.64. The number of Topliss-reactive ketones (excluding diaryl/α,β-unsaturated/α-hetero) is 2. The highest BCUT2D eigenvalue weighted by molar-refractivity contribution is 6.39. The van der Waals surface area contributed by atoms with Gasteiger partial charge in [0.05, 0.1) is 6.61 Å². The van der Waals surface area contributed by atoms with Crippen molar-refractivity contribution in [1.29, 1.82) is 0 Å². The Labute approximate surface area is 90.9 Å². The second-order valence-electron chi connectivity index (χ2n) is 3.40. The fraction of sp³-hybridized carbons (Fsp3) is 0.750.